The molecule has 1 aromatic heterocycles. The number of hydrogen-bond acceptors (Lipinski definition) is 4. The zero-order chi connectivity index (χ0) is 11.4. The van der Waals surface area contributed by atoms with Crippen molar-refractivity contribution >= 4 is 0 Å². The van der Waals surface area contributed by atoms with Crippen molar-refractivity contribution in [2.45, 2.75) is 46.1 Å². The van der Waals surface area contributed by atoms with Gasteiger partial charge in [0.2, 0.25) is 5.89 Å². The molecule has 0 bridgehead atoms. The van der Waals surface area contributed by atoms with Gasteiger partial charge in [-0.2, -0.15) is 4.98 Å². The molecule has 1 aliphatic heterocycles. The van der Waals surface area contributed by atoms with Gasteiger partial charge in [0.1, 0.15) is 0 Å². The SMILES string of the molecule is CCCc1noc(CN2CCCC(C)C2)n1. The molecular weight excluding hydrogens is 202 g/mol. The highest BCUT2D eigenvalue weighted by molar-refractivity contribution is 4.87. The van der Waals surface area contributed by atoms with Gasteiger partial charge in [-0.25, -0.2) is 0 Å². The summed E-state index contributed by atoms with van der Waals surface area (Å²) in [4.78, 5) is 6.81. The Labute approximate surface area is 97.0 Å². The molecule has 4 heteroatoms. The summed E-state index contributed by atoms with van der Waals surface area (Å²) in [7, 11) is 0. The minimum Gasteiger partial charge on any atom is -0.338 e. The number of likely N-dealkylation sites (tertiary alicyclic amines) is 1. The van der Waals surface area contributed by atoms with E-state index >= 15 is 0 Å². The lowest BCUT2D eigenvalue weighted by Gasteiger charge is -2.29. The van der Waals surface area contributed by atoms with E-state index in [1.165, 1.54) is 12.8 Å². The highest BCUT2D eigenvalue weighted by Crippen LogP contribution is 2.17. The first-order valence-corrected chi connectivity index (χ1v) is 6.31. The quantitative estimate of drug-likeness (QED) is 0.785. The number of nitrogens with zero attached hydrogens (tertiary/aromatic N) is 3. The molecule has 1 fully saturated rings. The molecule has 90 valence electrons. The van der Waals surface area contributed by atoms with Crippen LogP contribution in [0.5, 0.6) is 0 Å². The highest BCUT2D eigenvalue weighted by Gasteiger charge is 2.18. The van der Waals surface area contributed by atoms with E-state index < -0.39 is 0 Å². The monoisotopic (exact) mass is 223 g/mol. The summed E-state index contributed by atoms with van der Waals surface area (Å²) >= 11 is 0. The maximum absolute atomic E-state index is 5.25. The number of hydrogen-bond donors (Lipinski definition) is 0. The van der Waals surface area contributed by atoms with E-state index in [0.29, 0.717) is 0 Å². The van der Waals surface area contributed by atoms with Gasteiger partial charge < -0.3 is 4.52 Å². The van der Waals surface area contributed by atoms with Crippen molar-refractivity contribution in [3.63, 3.8) is 0 Å². The van der Waals surface area contributed by atoms with Crippen LogP contribution in [0.3, 0.4) is 0 Å². The van der Waals surface area contributed by atoms with Crippen molar-refractivity contribution in [1.82, 2.24) is 15.0 Å². The molecule has 1 atom stereocenters. The van der Waals surface area contributed by atoms with Gasteiger partial charge in [-0.05, 0) is 31.7 Å². The van der Waals surface area contributed by atoms with Gasteiger partial charge >= 0.3 is 0 Å². The molecule has 1 unspecified atom stereocenters. The first kappa shape index (κ1) is 11.6. The Bertz CT molecular complexity index is 324. The molecule has 1 aromatic rings. The van der Waals surface area contributed by atoms with E-state index in [0.717, 1.165) is 50.1 Å². The highest BCUT2D eigenvalue weighted by atomic mass is 16.5. The molecule has 0 amide bonds. The Morgan fingerprint density at radius 3 is 3.12 bits per heavy atom. The van der Waals surface area contributed by atoms with Gasteiger partial charge in [0.25, 0.3) is 0 Å². The van der Waals surface area contributed by atoms with Crippen LogP contribution in [0.25, 0.3) is 0 Å². The predicted molar refractivity (Wildman–Crippen MR) is 62.0 cm³/mol. The van der Waals surface area contributed by atoms with Crippen LogP contribution in [-0.2, 0) is 13.0 Å². The average Bonchev–Trinajstić information content (AvgIpc) is 2.66. The number of rotatable bonds is 4. The minimum absolute atomic E-state index is 0.776. The fourth-order valence-corrected chi connectivity index (χ4v) is 2.30. The molecular formula is C12H21N3O. The second-order valence-electron chi connectivity index (χ2n) is 4.84. The van der Waals surface area contributed by atoms with Crippen LogP contribution in [0.15, 0.2) is 4.52 Å². The molecule has 1 saturated heterocycles. The van der Waals surface area contributed by atoms with Crippen LogP contribution >= 0.6 is 0 Å². The van der Waals surface area contributed by atoms with Crippen LogP contribution in [0.2, 0.25) is 0 Å². The van der Waals surface area contributed by atoms with Gasteiger partial charge in [0.05, 0.1) is 6.54 Å². The largest absolute Gasteiger partial charge is 0.338 e. The maximum Gasteiger partial charge on any atom is 0.240 e. The predicted octanol–water partition coefficient (Wildman–Crippen LogP) is 2.25. The fourth-order valence-electron chi connectivity index (χ4n) is 2.30. The Morgan fingerprint density at radius 1 is 1.50 bits per heavy atom. The molecule has 4 nitrogen and oxygen atoms in total. The molecule has 0 N–H and O–H groups in total. The summed E-state index contributed by atoms with van der Waals surface area (Å²) in [6.07, 6.45) is 4.62. The third-order valence-electron chi connectivity index (χ3n) is 3.08. The number of aryl methyl sites for hydroxylation is 1. The van der Waals surface area contributed by atoms with E-state index in [1.807, 2.05) is 0 Å². The zero-order valence-electron chi connectivity index (χ0n) is 10.3. The van der Waals surface area contributed by atoms with Crippen LogP contribution in [0.4, 0.5) is 0 Å². The summed E-state index contributed by atoms with van der Waals surface area (Å²) in [5.74, 6) is 2.42. The van der Waals surface area contributed by atoms with Gasteiger partial charge in [0, 0.05) is 13.0 Å². The Kier molecular flexibility index (Phi) is 3.93. The molecule has 0 radical (unpaired) electrons. The summed E-state index contributed by atoms with van der Waals surface area (Å²) in [6, 6.07) is 0. The molecule has 2 heterocycles. The number of piperidine rings is 1. The van der Waals surface area contributed by atoms with E-state index in [-0.39, 0.29) is 0 Å². The summed E-state index contributed by atoms with van der Waals surface area (Å²) in [5.41, 5.74) is 0. The molecule has 0 aromatic carbocycles. The fraction of sp³-hybridized carbons (Fsp3) is 0.833. The lowest BCUT2D eigenvalue weighted by molar-refractivity contribution is 0.157. The molecule has 2 rings (SSSR count). The first-order valence-electron chi connectivity index (χ1n) is 6.31. The molecule has 0 saturated carbocycles. The molecule has 16 heavy (non-hydrogen) atoms. The van der Waals surface area contributed by atoms with Crippen LogP contribution in [0.1, 0.15) is 44.8 Å². The van der Waals surface area contributed by atoms with Crippen LogP contribution in [0, 0.1) is 5.92 Å². The van der Waals surface area contributed by atoms with Gasteiger partial charge in [-0.1, -0.05) is 19.0 Å². The third-order valence-corrected chi connectivity index (χ3v) is 3.08. The second kappa shape index (κ2) is 5.43. The topological polar surface area (TPSA) is 42.2 Å². The van der Waals surface area contributed by atoms with Crippen molar-refractivity contribution in [3.8, 4) is 0 Å². The van der Waals surface area contributed by atoms with E-state index in [4.69, 9.17) is 4.52 Å². The molecule has 0 aliphatic carbocycles. The van der Waals surface area contributed by atoms with Crippen molar-refractivity contribution < 1.29 is 4.52 Å². The summed E-state index contributed by atoms with van der Waals surface area (Å²) in [5, 5.41) is 3.98. The van der Waals surface area contributed by atoms with Gasteiger partial charge in [0.15, 0.2) is 5.82 Å². The lowest BCUT2D eigenvalue weighted by atomic mass is 10.0. The van der Waals surface area contributed by atoms with Crippen molar-refractivity contribution in [2.75, 3.05) is 13.1 Å². The van der Waals surface area contributed by atoms with Gasteiger partial charge in [-0.3, -0.25) is 4.90 Å². The Morgan fingerprint density at radius 2 is 2.38 bits per heavy atom. The van der Waals surface area contributed by atoms with E-state index in [9.17, 15) is 0 Å². The molecule has 0 spiro atoms. The minimum atomic E-state index is 0.776. The van der Waals surface area contributed by atoms with Crippen molar-refractivity contribution in [3.05, 3.63) is 11.7 Å². The third kappa shape index (κ3) is 3.04. The summed E-state index contributed by atoms with van der Waals surface area (Å²) < 4.78 is 5.25. The lowest BCUT2D eigenvalue weighted by Crippen LogP contribution is -2.33. The average molecular weight is 223 g/mol. The zero-order valence-corrected chi connectivity index (χ0v) is 10.3. The Balaban J connectivity index is 1.87. The standard InChI is InChI=1S/C12H21N3O/c1-3-5-11-13-12(16-14-11)9-15-7-4-6-10(2)8-15/h10H,3-9H2,1-2H3. The second-order valence-corrected chi connectivity index (χ2v) is 4.84. The maximum atomic E-state index is 5.25. The first-order chi connectivity index (χ1) is 7.78. The van der Waals surface area contributed by atoms with Crippen molar-refractivity contribution in [1.29, 1.82) is 0 Å². The number of aromatic nitrogens is 2. The van der Waals surface area contributed by atoms with Crippen molar-refractivity contribution in [2.24, 2.45) is 5.92 Å². The van der Waals surface area contributed by atoms with Crippen LogP contribution in [-0.4, -0.2) is 28.1 Å². The normalized spacial score (nSPS) is 22.5. The van der Waals surface area contributed by atoms with Gasteiger partial charge in [-0.15, -0.1) is 0 Å². The molecule has 1 aliphatic rings. The Hall–Kier alpha value is -0.900. The smallest absolute Gasteiger partial charge is 0.240 e. The summed E-state index contributed by atoms with van der Waals surface area (Å²) in [6.45, 7) is 7.58. The van der Waals surface area contributed by atoms with E-state index in [1.54, 1.807) is 0 Å². The van der Waals surface area contributed by atoms with Crippen LogP contribution < -0.4 is 0 Å². The van der Waals surface area contributed by atoms with E-state index in [2.05, 4.69) is 28.9 Å².